The summed E-state index contributed by atoms with van der Waals surface area (Å²) < 4.78 is 39.7. The molecule has 0 amide bonds. The molecular weight excluding hydrogens is 227 g/mol. The molecule has 0 aliphatic carbocycles. The number of halogens is 3. The largest absolute Gasteiger partial charge is 0.465 e. The Bertz CT molecular complexity index is 352. The van der Waals surface area contributed by atoms with Crippen molar-refractivity contribution >= 4 is 11.8 Å². The lowest BCUT2D eigenvalue weighted by Crippen LogP contribution is -2.20. The Morgan fingerprint density at radius 2 is 1.75 bits per heavy atom. The highest BCUT2D eigenvalue weighted by Gasteiger charge is 2.36. The van der Waals surface area contributed by atoms with Crippen LogP contribution in [0.2, 0.25) is 0 Å². The monoisotopic (exact) mass is 237 g/mol. The van der Waals surface area contributed by atoms with Crippen LogP contribution in [0, 0.1) is 0 Å². The van der Waals surface area contributed by atoms with E-state index in [-0.39, 0.29) is 17.3 Å². The van der Waals surface area contributed by atoms with E-state index in [4.69, 9.17) is 5.73 Å². The van der Waals surface area contributed by atoms with E-state index in [1.807, 2.05) is 0 Å². The minimum Gasteiger partial charge on any atom is -0.465 e. The molecule has 4 nitrogen and oxygen atoms in total. The maximum Gasteiger partial charge on any atom is 0.454 e. The van der Waals surface area contributed by atoms with Crippen molar-refractivity contribution in [1.82, 2.24) is 0 Å². The Balaban J connectivity index is 4.95. The van der Waals surface area contributed by atoms with Crippen LogP contribution in [0.25, 0.3) is 0 Å². The van der Waals surface area contributed by atoms with Crippen LogP contribution in [0.3, 0.4) is 0 Å². The fourth-order valence-electron chi connectivity index (χ4n) is 0.724. The zero-order valence-corrected chi connectivity index (χ0v) is 8.59. The summed E-state index contributed by atoms with van der Waals surface area (Å²) in [7, 11) is 1.05. The lowest BCUT2D eigenvalue weighted by molar-refractivity contribution is -0.165. The van der Waals surface area contributed by atoms with Crippen LogP contribution in [0.15, 0.2) is 23.4 Å². The SMILES string of the molecule is COC(=O)C(C=CC(=O)C(F)(F)F)=C(C)N. The van der Waals surface area contributed by atoms with Gasteiger partial charge in [0.25, 0.3) is 5.78 Å². The number of methoxy groups -OCH3 is 1. The van der Waals surface area contributed by atoms with E-state index in [1.54, 1.807) is 0 Å². The Kier molecular flexibility index (Phi) is 4.74. The van der Waals surface area contributed by atoms with Gasteiger partial charge in [-0.15, -0.1) is 0 Å². The fourth-order valence-corrected chi connectivity index (χ4v) is 0.724. The molecule has 0 heterocycles. The maximum atomic E-state index is 11.8. The van der Waals surface area contributed by atoms with Gasteiger partial charge in [-0.25, -0.2) is 4.79 Å². The summed E-state index contributed by atoms with van der Waals surface area (Å²) in [6.45, 7) is 1.30. The van der Waals surface area contributed by atoms with Crippen molar-refractivity contribution < 1.29 is 27.5 Å². The summed E-state index contributed by atoms with van der Waals surface area (Å²) in [4.78, 5) is 21.5. The van der Waals surface area contributed by atoms with Crippen molar-refractivity contribution in [2.45, 2.75) is 13.1 Å². The van der Waals surface area contributed by atoms with E-state index >= 15 is 0 Å². The predicted octanol–water partition coefficient (Wildman–Crippen LogP) is 1.08. The number of hydrogen-bond acceptors (Lipinski definition) is 4. The number of alkyl halides is 3. The predicted molar refractivity (Wildman–Crippen MR) is 49.1 cm³/mol. The second kappa shape index (κ2) is 5.34. The van der Waals surface area contributed by atoms with Crippen molar-refractivity contribution in [3.05, 3.63) is 23.4 Å². The van der Waals surface area contributed by atoms with E-state index < -0.39 is 17.9 Å². The lowest BCUT2D eigenvalue weighted by atomic mass is 10.2. The Morgan fingerprint density at radius 1 is 1.25 bits per heavy atom. The highest BCUT2D eigenvalue weighted by Crippen LogP contribution is 2.17. The Hall–Kier alpha value is -1.79. The van der Waals surface area contributed by atoms with Crippen LogP contribution in [-0.2, 0) is 14.3 Å². The molecule has 0 aromatic heterocycles. The van der Waals surface area contributed by atoms with Crippen LogP contribution >= 0.6 is 0 Å². The number of carbonyl (C=O) groups is 2. The van der Waals surface area contributed by atoms with Gasteiger partial charge in [0.15, 0.2) is 0 Å². The van der Waals surface area contributed by atoms with Crippen LogP contribution < -0.4 is 5.73 Å². The van der Waals surface area contributed by atoms with Gasteiger partial charge >= 0.3 is 12.1 Å². The van der Waals surface area contributed by atoms with E-state index in [1.165, 1.54) is 6.92 Å². The van der Waals surface area contributed by atoms with Crippen molar-refractivity contribution in [2.75, 3.05) is 7.11 Å². The highest BCUT2D eigenvalue weighted by atomic mass is 19.4. The standard InChI is InChI=1S/C9H10F3NO3/c1-5(13)6(8(15)16-2)3-4-7(14)9(10,11)12/h3-4H,13H2,1-2H3. The van der Waals surface area contributed by atoms with Gasteiger partial charge in [0.2, 0.25) is 0 Å². The van der Waals surface area contributed by atoms with E-state index in [0.29, 0.717) is 6.08 Å². The van der Waals surface area contributed by atoms with Gasteiger partial charge in [-0.05, 0) is 19.1 Å². The summed E-state index contributed by atoms with van der Waals surface area (Å²) in [5.41, 5.74) is 4.91. The molecule has 7 heteroatoms. The van der Waals surface area contributed by atoms with Gasteiger partial charge in [0.05, 0.1) is 12.7 Å². The average molecular weight is 237 g/mol. The highest BCUT2D eigenvalue weighted by molar-refractivity contribution is 5.98. The summed E-state index contributed by atoms with van der Waals surface area (Å²) in [5.74, 6) is -2.98. The second-order valence-electron chi connectivity index (χ2n) is 2.78. The molecule has 0 aromatic carbocycles. The molecule has 2 N–H and O–H groups in total. The van der Waals surface area contributed by atoms with E-state index in [9.17, 15) is 22.8 Å². The minimum absolute atomic E-state index is 0.0434. The molecule has 0 bridgehead atoms. The number of hydrogen-bond donors (Lipinski definition) is 1. The van der Waals surface area contributed by atoms with Crippen LogP contribution in [-0.4, -0.2) is 25.0 Å². The van der Waals surface area contributed by atoms with Crippen molar-refractivity contribution in [1.29, 1.82) is 0 Å². The third-order valence-corrected chi connectivity index (χ3v) is 1.51. The third-order valence-electron chi connectivity index (χ3n) is 1.51. The molecule has 0 atom stereocenters. The van der Waals surface area contributed by atoms with Gasteiger partial charge in [-0.2, -0.15) is 13.2 Å². The lowest BCUT2D eigenvalue weighted by Gasteiger charge is -2.03. The quantitative estimate of drug-likeness (QED) is 0.453. The Labute approximate surface area is 89.6 Å². The second-order valence-corrected chi connectivity index (χ2v) is 2.78. The van der Waals surface area contributed by atoms with Crippen LogP contribution in [0.1, 0.15) is 6.92 Å². The summed E-state index contributed by atoms with van der Waals surface area (Å²) >= 11 is 0. The van der Waals surface area contributed by atoms with Gasteiger partial charge in [-0.3, -0.25) is 4.79 Å². The smallest absolute Gasteiger partial charge is 0.454 e. The third kappa shape index (κ3) is 4.16. The van der Waals surface area contributed by atoms with Crippen LogP contribution in [0.4, 0.5) is 13.2 Å². The van der Waals surface area contributed by atoms with E-state index in [2.05, 4.69) is 4.74 Å². The molecule has 90 valence electrons. The molecule has 0 saturated heterocycles. The van der Waals surface area contributed by atoms with Crippen molar-refractivity contribution in [2.24, 2.45) is 5.73 Å². The molecule has 16 heavy (non-hydrogen) atoms. The number of carbonyl (C=O) groups excluding carboxylic acids is 2. The van der Waals surface area contributed by atoms with Gasteiger partial charge in [-0.1, -0.05) is 0 Å². The first-order chi connectivity index (χ1) is 7.20. The summed E-state index contributed by atoms with van der Waals surface area (Å²) in [6.07, 6.45) is -4.07. The number of esters is 1. The maximum absolute atomic E-state index is 11.8. The molecule has 0 aromatic rings. The zero-order valence-electron chi connectivity index (χ0n) is 8.59. The van der Waals surface area contributed by atoms with Gasteiger partial charge in [0.1, 0.15) is 0 Å². The number of allylic oxidation sites excluding steroid dienone is 2. The molecule has 0 fully saturated rings. The Morgan fingerprint density at radius 3 is 2.06 bits per heavy atom. The number of nitrogens with two attached hydrogens (primary N) is 1. The van der Waals surface area contributed by atoms with Gasteiger partial charge < -0.3 is 10.5 Å². The van der Waals surface area contributed by atoms with Gasteiger partial charge in [0, 0.05) is 5.70 Å². The number of ether oxygens (including phenoxy) is 1. The molecular formula is C9H10F3NO3. The number of ketones is 1. The normalized spacial score (nSPS) is 13.6. The van der Waals surface area contributed by atoms with Crippen molar-refractivity contribution in [3.63, 3.8) is 0 Å². The first-order valence-electron chi connectivity index (χ1n) is 4.04. The van der Waals surface area contributed by atoms with Crippen molar-refractivity contribution in [3.8, 4) is 0 Å². The molecule has 0 saturated carbocycles. The summed E-state index contributed by atoms with van der Waals surface area (Å²) in [5, 5.41) is 0. The molecule has 0 unspecified atom stereocenters. The average Bonchev–Trinajstić information content (AvgIpc) is 2.15. The minimum atomic E-state index is -4.97. The van der Waals surface area contributed by atoms with Crippen LogP contribution in [0.5, 0.6) is 0 Å². The molecule has 0 aliphatic heterocycles. The van der Waals surface area contributed by atoms with E-state index in [0.717, 1.165) is 7.11 Å². The fraction of sp³-hybridized carbons (Fsp3) is 0.333. The zero-order chi connectivity index (χ0) is 12.9. The molecule has 0 rings (SSSR count). The molecule has 0 aliphatic rings. The molecule has 0 spiro atoms. The number of rotatable bonds is 3. The molecule has 0 radical (unpaired) electrons. The topological polar surface area (TPSA) is 69.4 Å². The first kappa shape index (κ1) is 14.2. The summed E-state index contributed by atoms with van der Waals surface area (Å²) in [6, 6.07) is 0. The first-order valence-corrected chi connectivity index (χ1v) is 4.04.